The zero-order valence-corrected chi connectivity index (χ0v) is 21.4. The molecule has 0 radical (unpaired) electrons. The number of aliphatic hydroxyl groups excluding tert-OH is 1. The van der Waals surface area contributed by atoms with Crippen molar-refractivity contribution in [2.45, 2.75) is 38.8 Å². The van der Waals surface area contributed by atoms with Crippen LogP contribution in [0.4, 0.5) is 0 Å². The molecule has 2 heterocycles. The van der Waals surface area contributed by atoms with Crippen LogP contribution in [0.3, 0.4) is 0 Å². The van der Waals surface area contributed by atoms with Gasteiger partial charge in [0.1, 0.15) is 18.8 Å². The molecule has 3 aromatic rings. The molecule has 0 fully saturated rings. The van der Waals surface area contributed by atoms with E-state index in [9.17, 15) is 15.2 Å². The van der Waals surface area contributed by atoms with Gasteiger partial charge in [-0.25, -0.2) is 9.78 Å². The molecule has 0 aliphatic heterocycles. The number of aliphatic hydroxyl groups is 1. The van der Waals surface area contributed by atoms with E-state index in [0.717, 1.165) is 21.2 Å². The summed E-state index contributed by atoms with van der Waals surface area (Å²) in [6, 6.07) is 14.5. The Hall–Kier alpha value is -2.96. The topological polar surface area (TPSA) is 104 Å². The van der Waals surface area contributed by atoms with E-state index >= 15 is 0 Å². The van der Waals surface area contributed by atoms with E-state index in [1.54, 1.807) is 37.3 Å². The smallest absolute Gasteiger partial charge is 0.338 e. The molecule has 0 aliphatic carbocycles. The van der Waals surface area contributed by atoms with Gasteiger partial charge in [-0.3, -0.25) is 0 Å². The molecule has 7 nitrogen and oxygen atoms in total. The number of benzene rings is 1. The first kappa shape index (κ1) is 26.6. The standard InChI is InChI=1S/C26H28ClN3O4S/c1-4-33-25(32)18-7-5-17(6-8-18)21-11-12-29-22(14-28)24(21)34-16-19(31)15-30-26(2,3)13-20-9-10-23(27)35-20/h5-12,19,30-31H,4,13,15-16H2,1-3H3/t19-/m1/s1. The predicted molar refractivity (Wildman–Crippen MR) is 137 cm³/mol. The van der Waals surface area contributed by atoms with E-state index < -0.39 is 12.1 Å². The van der Waals surface area contributed by atoms with Gasteiger partial charge in [0.05, 0.1) is 16.5 Å². The Morgan fingerprint density at radius 3 is 2.63 bits per heavy atom. The van der Waals surface area contributed by atoms with E-state index in [1.165, 1.54) is 17.5 Å². The first-order chi connectivity index (χ1) is 16.7. The quantitative estimate of drug-likeness (QED) is 0.353. The molecule has 184 valence electrons. The maximum Gasteiger partial charge on any atom is 0.338 e. The Morgan fingerprint density at radius 2 is 2.00 bits per heavy atom. The van der Waals surface area contributed by atoms with E-state index in [4.69, 9.17) is 21.1 Å². The molecule has 1 aromatic carbocycles. The third kappa shape index (κ3) is 7.51. The summed E-state index contributed by atoms with van der Waals surface area (Å²) in [5.74, 6) is -0.117. The summed E-state index contributed by atoms with van der Waals surface area (Å²) in [6.45, 7) is 6.44. The van der Waals surface area contributed by atoms with Crippen molar-refractivity contribution in [1.29, 1.82) is 5.26 Å². The number of hydrogen-bond acceptors (Lipinski definition) is 8. The minimum absolute atomic E-state index is 0.0256. The average Bonchev–Trinajstić information content (AvgIpc) is 3.25. The number of thiophene rings is 1. The summed E-state index contributed by atoms with van der Waals surface area (Å²) in [5.41, 5.74) is 1.68. The second-order valence-corrected chi connectivity index (χ2v) is 10.4. The van der Waals surface area contributed by atoms with Crippen LogP contribution in [0.25, 0.3) is 11.1 Å². The molecule has 2 aromatic heterocycles. The number of nitrogens with zero attached hydrogens (tertiary/aromatic N) is 2. The van der Waals surface area contributed by atoms with Crippen molar-refractivity contribution in [2.75, 3.05) is 19.8 Å². The average molecular weight is 514 g/mol. The lowest BCUT2D eigenvalue weighted by molar-refractivity contribution is 0.0526. The van der Waals surface area contributed by atoms with Crippen LogP contribution >= 0.6 is 22.9 Å². The number of hydrogen-bond donors (Lipinski definition) is 2. The van der Waals surface area contributed by atoms with Gasteiger partial charge in [-0.05, 0) is 63.1 Å². The molecule has 0 saturated carbocycles. The highest BCUT2D eigenvalue weighted by atomic mass is 35.5. The third-order valence-electron chi connectivity index (χ3n) is 5.20. The normalized spacial score (nSPS) is 12.1. The van der Waals surface area contributed by atoms with Crippen LogP contribution in [0.1, 0.15) is 41.7 Å². The van der Waals surface area contributed by atoms with Crippen molar-refractivity contribution in [1.82, 2.24) is 10.3 Å². The fourth-order valence-electron chi connectivity index (χ4n) is 3.48. The molecule has 0 spiro atoms. The molecule has 3 rings (SSSR count). The molecular formula is C26H28ClN3O4S. The van der Waals surface area contributed by atoms with E-state index in [2.05, 4.69) is 24.1 Å². The molecule has 35 heavy (non-hydrogen) atoms. The molecule has 0 bridgehead atoms. The van der Waals surface area contributed by atoms with Crippen LogP contribution in [-0.4, -0.2) is 47.5 Å². The first-order valence-corrected chi connectivity index (χ1v) is 12.4. The van der Waals surface area contributed by atoms with Crippen LogP contribution in [-0.2, 0) is 11.2 Å². The highest BCUT2D eigenvalue weighted by Crippen LogP contribution is 2.32. The molecule has 0 saturated heterocycles. The van der Waals surface area contributed by atoms with Crippen molar-refractivity contribution >= 4 is 28.9 Å². The molecular weight excluding hydrogens is 486 g/mol. The Morgan fingerprint density at radius 1 is 1.26 bits per heavy atom. The Kier molecular flexibility index (Phi) is 9.24. The van der Waals surface area contributed by atoms with E-state index in [1.807, 2.05) is 18.2 Å². The second kappa shape index (κ2) is 12.1. The largest absolute Gasteiger partial charge is 0.487 e. The maximum atomic E-state index is 11.9. The van der Waals surface area contributed by atoms with Gasteiger partial charge in [-0.15, -0.1) is 11.3 Å². The van der Waals surface area contributed by atoms with Crippen molar-refractivity contribution in [3.05, 3.63) is 69.1 Å². The Labute approximate surface area is 214 Å². The van der Waals surface area contributed by atoms with Gasteiger partial charge in [-0.1, -0.05) is 23.7 Å². The fourth-order valence-corrected chi connectivity index (χ4v) is 4.79. The van der Waals surface area contributed by atoms with Crippen LogP contribution in [0, 0.1) is 11.3 Å². The number of rotatable bonds is 11. The van der Waals surface area contributed by atoms with Gasteiger partial charge in [0.25, 0.3) is 0 Å². The highest BCUT2D eigenvalue weighted by molar-refractivity contribution is 7.16. The van der Waals surface area contributed by atoms with Crippen LogP contribution < -0.4 is 10.1 Å². The molecule has 2 N–H and O–H groups in total. The number of carbonyl (C=O) groups excluding carboxylic acids is 1. The summed E-state index contributed by atoms with van der Waals surface area (Å²) in [6.07, 6.45) is 1.48. The second-order valence-electron chi connectivity index (χ2n) is 8.56. The summed E-state index contributed by atoms with van der Waals surface area (Å²) in [5, 5.41) is 23.5. The highest BCUT2D eigenvalue weighted by Gasteiger charge is 2.21. The van der Waals surface area contributed by atoms with Gasteiger partial charge < -0.3 is 19.9 Å². The number of pyridine rings is 1. The summed E-state index contributed by atoms with van der Waals surface area (Å²) in [4.78, 5) is 17.2. The predicted octanol–water partition coefficient (Wildman–Crippen LogP) is 4.86. The molecule has 9 heteroatoms. The number of nitrogens with one attached hydrogen (secondary N) is 1. The van der Waals surface area contributed by atoms with Crippen LogP contribution in [0.2, 0.25) is 4.34 Å². The van der Waals surface area contributed by atoms with Crippen molar-refractivity contribution in [2.24, 2.45) is 0 Å². The Bertz CT molecular complexity index is 1190. The van der Waals surface area contributed by atoms with Crippen molar-refractivity contribution in [3.8, 4) is 22.9 Å². The minimum atomic E-state index is -0.813. The van der Waals surface area contributed by atoms with Crippen molar-refractivity contribution in [3.63, 3.8) is 0 Å². The third-order valence-corrected chi connectivity index (χ3v) is 6.43. The summed E-state index contributed by atoms with van der Waals surface area (Å²) in [7, 11) is 0. The maximum absolute atomic E-state index is 11.9. The zero-order valence-electron chi connectivity index (χ0n) is 19.9. The number of carbonyl (C=O) groups is 1. The first-order valence-electron chi connectivity index (χ1n) is 11.2. The van der Waals surface area contributed by atoms with Gasteiger partial charge in [0.2, 0.25) is 0 Å². The number of halogens is 1. The zero-order chi connectivity index (χ0) is 25.4. The van der Waals surface area contributed by atoms with E-state index in [-0.39, 0.29) is 23.6 Å². The minimum Gasteiger partial charge on any atom is -0.487 e. The van der Waals surface area contributed by atoms with Crippen LogP contribution in [0.5, 0.6) is 5.75 Å². The summed E-state index contributed by atoms with van der Waals surface area (Å²) < 4.78 is 11.7. The van der Waals surface area contributed by atoms with E-state index in [0.29, 0.717) is 24.3 Å². The summed E-state index contributed by atoms with van der Waals surface area (Å²) >= 11 is 7.56. The molecule has 1 atom stereocenters. The number of esters is 1. The van der Waals surface area contributed by atoms with Gasteiger partial charge >= 0.3 is 5.97 Å². The fraction of sp³-hybridized carbons (Fsp3) is 0.346. The number of nitriles is 1. The number of β-amino-alcohol motifs (C(OH)–C–C–N with tert-alkyl or cyclic N) is 1. The van der Waals surface area contributed by atoms with Crippen molar-refractivity contribution < 1.29 is 19.4 Å². The van der Waals surface area contributed by atoms with Gasteiger partial charge in [-0.2, -0.15) is 5.26 Å². The number of ether oxygens (including phenoxy) is 2. The monoisotopic (exact) mass is 513 g/mol. The van der Waals surface area contributed by atoms with Gasteiger partial charge in [0.15, 0.2) is 11.4 Å². The van der Waals surface area contributed by atoms with Crippen LogP contribution in [0.15, 0.2) is 48.7 Å². The molecule has 0 unspecified atom stereocenters. The molecule has 0 amide bonds. The SMILES string of the molecule is CCOC(=O)c1ccc(-c2ccnc(C#N)c2OC[C@H](O)CNC(C)(C)Cc2ccc(Cl)s2)cc1. The number of aromatic nitrogens is 1. The lowest BCUT2D eigenvalue weighted by atomic mass is 9.99. The molecule has 0 aliphatic rings. The Balaban J connectivity index is 1.66. The van der Waals surface area contributed by atoms with Gasteiger partial charge in [0, 0.05) is 28.7 Å². The lowest BCUT2D eigenvalue weighted by Gasteiger charge is -2.27. The lowest BCUT2D eigenvalue weighted by Crippen LogP contribution is -2.46.